The fourth-order valence-corrected chi connectivity index (χ4v) is 3.77. The van der Waals surface area contributed by atoms with Gasteiger partial charge in [0.05, 0.1) is 25.5 Å². The van der Waals surface area contributed by atoms with Crippen LogP contribution in [0.1, 0.15) is 103 Å². The van der Waals surface area contributed by atoms with E-state index in [1.807, 2.05) is 73.6 Å². The zero-order valence-corrected chi connectivity index (χ0v) is 28.7. The van der Waals surface area contributed by atoms with Crippen LogP contribution in [0.4, 0.5) is 0 Å². The monoisotopic (exact) mass is 597 g/mol. The van der Waals surface area contributed by atoms with Crippen LogP contribution in [0, 0.1) is 20.8 Å². The number of aromatic nitrogens is 2. The Hall–Kier alpha value is -3.65. The van der Waals surface area contributed by atoms with Gasteiger partial charge in [0.2, 0.25) is 5.89 Å². The maximum absolute atomic E-state index is 11.9. The first-order chi connectivity index (χ1) is 20.5. The lowest BCUT2D eigenvalue weighted by atomic mass is 10.0. The molecule has 0 saturated heterocycles. The quantitative estimate of drug-likeness (QED) is 0.142. The second-order valence-electron chi connectivity index (χ2n) is 9.85. The summed E-state index contributed by atoms with van der Waals surface area (Å²) in [6.07, 6.45) is 11.6. The minimum absolute atomic E-state index is 0.0570. The van der Waals surface area contributed by atoms with E-state index >= 15 is 0 Å². The molecule has 240 valence electrons. The molecule has 0 atom stereocenters. The van der Waals surface area contributed by atoms with E-state index in [0.717, 1.165) is 35.4 Å². The predicted octanol–water partition coefficient (Wildman–Crippen LogP) is 9.13. The van der Waals surface area contributed by atoms with E-state index in [1.54, 1.807) is 33.4 Å². The SMILES string of the molecule is C=CCC/C=C\C.CC.CC.COc1cc(CN(Cc2ncco2)Cc2nc(C)oc2C)cc(C)c1OC(C)(C)C(C)=O. The van der Waals surface area contributed by atoms with Crippen LogP contribution in [-0.2, 0) is 24.4 Å². The number of allylic oxidation sites excluding steroid dienone is 3. The molecule has 2 heterocycles. The third-order valence-electron chi connectivity index (χ3n) is 6.12. The summed E-state index contributed by atoms with van der Waals surface area (Å²) in [5, 5.41) is 0. The highest BCUT2D eigenvalue weighted by atomic mass is 16.5. The van der Waals surface area contributed by atoms with Crippen molar-refractivity contribution in [2.45, 2.75) is 114 Å². The Balaban J connectivity index is 0.00000139. The molecule has 43 heavy (non-hydrogen) atoms. The Bertz CT molecular complexity index is 1230. The fraction of sp³-hybridized carbons (Fsp3) is 0.514. The standard InChI is InChI=1S/C24H31N3O5.C7H12.2C2H6/c1-15-10-19(11-21(29-7)23(15)32-24(5,6)17(3)28)12-27(14-22-25-8-9-30-22)13-20-16(2)31-18(4)26-20;1-3-5-7-6-4-2;2*1-2/h8-11H,12-14H2,1-7H3;3-4,6H,1,5,7H2,2H3;2*1-2H3/b;6-4-;;. The molecule has 0 aliphatic heterocycles. The summed E-state index contributed by atoms with van der Waals surface area (Å²) in [4.78, 5) is 22.9. The second-order valence-corrected chi connectivity index (χ2v) is 9.85. The van der Waals surface area contributed by atoms with E-state index in [1.165, 1.54) is 6.92 Å². The molecule has 3 aromatic rings. The van der Waals surface area contributed by atoms with E-state index in [9.17, 15) is 4.79 Å². The van der Waals surface area contributed by atoms with Crippen LogP contribution in [0.15, 0.2) is 58.2 Å². The molecule has 8 nitrogen and oxygen atoms in total. The largest absolute Gasteiger partial charge is 0.493 e. The molecule has 0 radical (unpaired) electrons. The van der Waals surface area contributed by atoms with E-state index in [0.29, 0.717) is 42.9 Å². The fourth-order valence-electron chi connectivity index (χ4n) is 3.77. The summed E-state index contributed by atoms with van der Waals surface area (Å²) in [6, 6.07) is 3.97. The number of rotatable bonds is 13. The number of hydrogen-bond donors (Lipinski definition) is 0. The first-order valence-corrected chi connectivity index (χ1v) is 15.1. The van der Waals surface area contributed by atoms with Crippen LogP contribution in [-0.4, -0.2) is 33.4 Å². The van der Waals surface area contributed by atoms with Crippen LogP contribution in [0.2, 0.25) is 0 Å². The zero-order chi connectivity index (χ0) is 33.0. The molecule has 0 unspecified atom stereocenters. The molecule has 0 aliphatic rings. The molecule has 0 fully saturated rings. The van der Waals surface area contributed by atoms with Crippen molar-refractivity contribution >= 4 is 5.78 Å². The molecule has 0 bridgehead atoms. The molecule has 0 saturated carbocycles. The second kappa shape index (κ2) is 21.1. The molecule has 1 aromatic carbocycles. The van der Waals surface area contributed by atoms with Crippen molar-refractivity contribution < 1.29 is 23.1 Å². The number of methoxy groups -OCH3 is 1. The number of benzene rings is 1. The molecule has 0 N–H and O–H groups in total. The number of oxazole rings is 2. The van der Waals surface area contributed by atoms with Crippen molar-refractivity contribution in [2.24, 2.45) is 0 Å². The van der Waals surface area contributed by atoms with Gasteiger partial charge in [0.15, 0.2) is 28.8 Å². The van der Waals surface area contributed by atoms with Crippen LogP contribution < -0.4 is 9.47 Å². The topological polar surface area (TPSA) is 90.8 Å². The highest BCUT2D eigenvalue weighted by Gasteiger charge is 2.28. The summed E-state index contributed by atoms with van der Waals surface area (Å²) in [5.41, 5.74) is 1.84. The van der Waals surface area contributed by atoms with Gasteiger partial charge in [-0.25, -0.2) is 9.97 Å². The van der Waals surface area contributed by atoms with Crippen molar-refractivity contribution in [1.29, 1.82) is 0 Å². The Morgan fingerprint density at radius 2 is 1.74 bits per heavy atom. The van der Waals surface area contributed by atoms with Gasteiger partial charge in [0, 0.05) is 20.0 Å². The van der Waals surface area contributed by atoms with Crippen molar-refractivity contribution in [3.05, 3.63) is 83.8 Å². The number of carbonyl (C=O) groups excluding carboxylic acids is 1. The number of carbonyl (C=O) groups is 1. The Labute approximate surface area is 260 Å². The smallest absolute Gasteiger partial charge is 0.208 e. The van der Waals surface area contributed by atoms with Crippen molar-refractivity contribution in [2.75, 3.05) is 7.11 Å². The zero-order valence-electron chi connectivity index (χ0n) is 28.7. The van der Waals surface area contributed by atoms with Crippen molar-refractivity contribution in [3.8, 4) is 11.5 Å². The van der Waals surface area contributed by atoms with Crippen molar-refractivity contribution in [3.63, 3.8) is 0 Å². The first kappa shape index (κ1) is 39.4. The van der Waals surface area contributed by atoms with Gasteiger partial charge in [-0.3, -0.25) is 9.69 Å². The molecule has 0 spiro atoms. The highest BCUT2D eigenvalue weighted by molar-refractivity contribution is 5.84. The van der Waals surface area contributed by atoms with Crippen LogP contribution in [0.3, 0.4) is 0 Å². The summed E-state index contributed by atoms with van der Waals surface area (Å²) < 4.78 is 22.7. The summed E-state index contributed by atoms with van der Waals surface area (Å²) in [5.74, 6) is 3.15. The van der Waals surface area contributed by atoms with Gasteiger partial charge in [-0.2, -0.15) is 0 Å². The van der Waals surface area contributed by atoms with Gasteiger partial charge in [0.1, 0.15) is 12.0 Å². The predicted molar refractivity (Wildman–Crippen MR) is 175 cm³/mol. The third kappa shape index (κ3) is 13.9. The van der Waals surface area contributed by atoms with Gasteiger partial charge in [-0.05, 0) is 71.6 Å². The molecule has 3 rings (SSSR count). The lowest BCUT2D eigenvalue weighted by Crippen LogP contribution is -2.36. The lowest BCUT2D eigenvalue weighted by molar-refractivity contribution is -0.129. The van der Waals surface area contributed by atoms with Gasteiger partial charge >= 0.3 is 0 Å². The third-order valence-corrected chi connectivity index (χ3v) is 6.12. The van der Waals surface area contributed by atoms with Gasteiger partial charge in [-0.1, -0.05) is 52.0 Å². The molecular formula is C35H55N3O5. The Morgan fingerprint density at radius 1 is 1.07 bits per heavy atom. The van der Waals surface area contributed by atoms with Crippen LogP contribution in [0.5, 0.6) is 11.5 Å². The number of Topliss-reactive ketones (excluding diaryl/α,β-unsaturated/α-hetero) is 1. The normalized spacial score (nSPS) is 10.6. The van der Waals surface area contributed by atoms with Crippen molar-refractivity contribution in [1.82, 2.24) is 14.9 Å². The average Bonchev–Trinajstić information content (AvgIpc) is 3.61. The lowest BCUT2D eigenvalue weighted by Gasteiger charge is -2.27. The van der Waals surface area contributed by atoms with Gasteiger partial charge in [-0.15, -0.1) is 6.58 Å². The molecular weight excluding hydrogens is 542 g/mol. The molecule has 0 amide bonds. The average molecular weight is 598 g/mol. The summed E-state index contributed by atoms with van der Waals surface area (Å²) in [6.45, 7) is 26.0. The minimum Gasteiger partial charge on any atom is -0.493 e. The van der Waals surface area contributed by atoms with Crippen LogP contribution in [0.25, 0.3) is 0 Å². The van der Waals surface area contributed by atoms with E-state index in [2.05, 4.69) is 33.6 Å². The Kier molecular flexibility index (Phi) is 19.3. The minimum atomic E-state index is -0.946. The number of ether oxygens (including phenoxy) is 2. The maximum Gasteiger partial charge on any atom is 0.208 e. The molecule has 8 heteroatoms. The van der Waals surface area contributed by atoms with E-state index in [-0.39, 0.29) is 5.78 Å². The number of aryl methyl sites for hydroxylation is 3. The Morgan fingerprint density at radius 3 is 2.23 bits per heavy atom. The van der Waals surface area contributed by atoms with Crippen LogP contribution >= 0.6 is 0 Å². The number of nitrogens with zero attached hydrogens (tertiary/aromatic N) is 3. The number of hydrogen-bond acceptors (Lipinski definition) is 8. The first-order valence-electron chi connectivity index (χ1n) is 15.1. The number of unbranched alkanes of at least 4 members (excludes halogenated alkanes) is 1. The van der Waals surface area contributed by atoms with E-state index in [4.69, 9.17) is 18.3 Å². The summed E-state index contributed by atoms with van der Waals surface area (Å²) >= 11 is 0. The maximum atomic E-state index is 11.9. The molecule has 2 aromatic heterocycles. The van der Waals surface area contributed by atoms with Gasteiger partial charge < -0.3 is 18.3 Å². The highest BCUT2D eigenvalue weighted by Crippen LogP contribution is 2.36. The van der Waals surface area contributed by atoms with E-state index < -0.39 is 5.60 Å². The van der Waals surface area contributed by atoms with Gasteiger partial charge in [0.25, 0.3) is 0 Å². The summed E-state index contributed by atoms with van der Waals surface area (Å²) in [7, 11) is 1.60. The molecule has 0 aliphatic carbocycles. The number of ketones is 1.